The highest BCUT2D eigenvalue weighted by Crippen LogP contribution is 2.33. The summed E-state index contributed by atoms with van der Waals surface area (Å²) in [5, 5.41) is 7.24. The molecule has 0 saturated carbocycles. The summed E-state index contributed by atoms with van der Waals surface area (Å²) in [6.45, 7) is 2.63. The molecule has 0 saturated heterocycles. The van der Waals surface area contributed by atoms with Gasteiger partial charge < -0.3 is 4.90 Å². The van der Waals surface area contributed by atoms with Gasteiger partial charge in [-0.25, -0.2) is 4.98 Å². The third kappa shape index (κ3) is 3.15. The molecule has 5 nitrogen and oxygen atoms in total. The maximum absolute atomic E-state index is 12.1. The Labute approximate surface area is 159 Å². The quantitative estimate of drug-likeness (QED) is 0.725. The molecule has 1 aliphatic heterocycles. The molecule has 7 heteroatoms. The van der Waals surface area contributed by atoms with Gasteiger partial charge in [-0.2, -0.15) is 0 Å². The van der Waals surface area contributed by atoms with E-state index in [9.17, 15) is 9.59 Å². The highest BCUT2D eigenvalue weighted by atomic mass is 32.1. The van der Waals surface area contributed by atoms with Gasteiger partial charge in [0.1, 0.15) is 0 Å². The number of carbonyl (C=O) groups excluding carboxylic acids is 2. The molecule has 1 N–H and O–H groups in total. The third-order valence-corrected chi connectivity index (χ3v) is 5.97. The summed E-state index contributed by atoms with van der Waals surface area (Å²) in [7, 11) is 0. The average molecular weight is 383 g/mol. The summed E-state index contributed by atoms with van der Waals surface area (Å²) >= 11 is 2.81. The highest BCUT2D eigenvalue weighted by Gasteiger charge is 2.24. The standard InChI is InChI=1S/C19H17N3O2S2/c1-2-17(23)22-8-7-13-10-12(5-6-15(13)22)14-11-26-19(20-14)21-18(24)16-4-3-9-25-16/h3-6,9-11H,2,7-8H2,1H3,(H,20,21,24). The molecule has 0 bridgehead atoms. The Balaban J connectivity index is 1.53. The molecule has 4 rings (SSSR count). The van der Waals surface area contributed by atoms with Crippen LogP contribution in [0.5, 0.6) is 0 Å². The van der Waals surface area contributed by atoms with Crippen molar-refractivity contribution in [3.63, 3.8) is 0 Å². The lowest BCUT2D eigenvalue weighted by Gasteiger charge is -2.16. The number of nitrogens with one attached hydrogen (secondary N) is 1. The number of thiazole rings is 1. The van der Waals surface area contributed by atoms with Crippen molar-refractivity contribution >= 4 is 45.3 Å². The van der Waals surface area contributed by atoms with Gasteiger partial charge in [-0.1, -0.05) is 19.1 Å². The molecular weight excluding hydrogens is 366 g/mol. The average Bonchev–Trinajstić information content (AvgIpc) is 3.40. The van der Waals surface area contributed by atoms with Gasteiger partial charge >= 0.3 is 0 Å². The Kier molecular flexibility index (Phi) is 4.57. The zero-order chi connectivity index (χ0) is 18.1. The first kappa shape index (κ1) is 16.9. The number of hydrogen-bond acceptors (Lipinski definition) is 5. The third-order valence-electron chi connectivity index (χ3n) is 4.34. The van der Waals surface area contributed by atoms with Gasteiger partial charge in [-0.15, -0.1) is 22.7 Å². The molecule has 2 amide bonds. The predicted octanol–water partition coefficient (Wildman–Crippen LogP) is 4.42. The summed E-state index contributed by atoms with van der Waals surface area (Å²) in [6, 6.07) is 9.72. The van der Waals surface area contributed by atoms with E-state index in [1.54, 1.807) is 6.07 Å². The number of benzene rings is 1. The van der Waals surface area contributed by atoms with Crippen molar-refractivity contribution in [2.24, 2.45) is 0 Å². The van der Waals surface area contributed by atoms with E-state index in [-0.39, 0.29) is 11.8 Å². The fraction of sp³-hybridized carbons (Fsp3) is 0.211. The minimum absolute atomic E-state index is 0.136. The zero-order valence-corrected chi connectivity index (χ0v) is 15.8. The number of amides is 2. The lowest BCUT2D eigenvalue weighted by atomic mass is 10.1. The number of aromatic nitrogens is 1. The second-order valence-electron chi connectivity index (χ2n) is 5.96. The fourth-order valence-corrected chi connectivity index (χ4v) is 4.37. The topological polar surface area (TPSA) is 62.3 Å². The Morgan fingerprint density at radius 3 is 2.92 bits per heavy atom. The van der Waals surface area contributed by atoms with Crippen molar-refractivity contribution in [2.45, 2.75) is 19.8 Å². The summed E-state index contributed by atoms with van der Waals surface area (Å²) in [4.78, 5) is 31.2. The van der Waals surface area contributed by atoms with E-state index in [1.807, 2.05) is 40.8 Å². The Morgan fingerprint density at radius 1 is 1.27 bits per heavy atom. The highest BCUT2D eigenvalue weighted by molar-refractivity contribution is 7.14. The van der Waals surface area contributed by atoms with Crippen molar-refractivity contribution in [3.05, 3.63) is 51.5 Å². The molecule has 1 aromatic carbocycles. The lowest BCUT2D eigenvalue weighted by Crippen LogP contribution is -2.27. The van der Waals surface area contributed by atoms with Crippen LogP contribution in [0.1, 0.15) is 28.6 Å². The number of anilines is 2. The molecule has 0 atom stereocenters. The molecule has 0 unspecified atom stereocenters. The van der Waals surface area contributed by atoms with Crippen LogP contribution in [-0.2, 0) is 11.2 Å². The van der Waals surface area contributed by atoms with Crippen LogP contribution in [0.3, 0.4) is 0 Å². The van der Waals surface area contributed by atoms with Gasteiger partial charge in [0, 0.05) is 29.6 Å². The molecule has 0 fully saturated rings. The molecule has 1 aliphatic rings. The van der Waals surface area contributed by atoms with Crippen LogP contribution in [0.2, 0.25) is 0 Å². The first-order valence-corrected chi connectivity index (χ1v) is 10.2. The minimum atomic E-state index is -0.136. The largest absolute Gasteiger partial charge is 0.312 e. The first-order chi connectivity index (χ1) is 12.7. The molecular formula is C19H17N3O2S2. The van der Waals surface area contributed by atoms with Gasteiger partial charge in [0.05, 0.1) is 10.6 Å². The molecule has 26 heavy (non-hydrogen) atoms. The normalized spacial score (nSPS) is 12.9. The van der Waals surface area contributed by atoms with Gasteiger partial charge in [0.2, 0.25) is 5.91 Å². The second-order valence-corrected chi connectivity index (χ2v) is 7.77. The maximum Gasteiger partial charge on any atom is 0.267 e. The Bertz CT molecular complexity index is 963. The van der Waals surface area contributed by atoms with Crippen molar-refractivity contribution in [1.82, 2.24) is 4.98 Å². The SMILES string of the molecule is CCC(=O)N1CCc2cc(-c3csc(NC(=O)c4cccs4)n3)ccc21. The van der Waals surface area contributed by atoms with Crippen molar-refractivity contribution in [1.29, 1.82) is 0 Å². The summed E-state index contributed by atoms with van der Waals surface area (Å²) < 4.78 is 0. The summed E-state index contributed by atoms with van der Waals surface area (Å²) in [5.74, 6) is 0.0207. The van der Waals surface area contributed by atoms with E-state index in [4.69, 9.17) is 0 Å². The van der Waals surface area contributed by atoms with Crippen LogP contribution in [0.15, 0.2) is 41.1 Å². The number of carbonyl (C=O) groups is 2. The summed E-state index contributed by atoms with van der Waals surface area (Å²) in [5.41, 5.74) is 4.01. The van der Waals surface area contributed by atoms with Gasteiger partial charge in [-0.3, -0.25) is 14.9 Å². The van der Waals surface area contributed by atoms with E-state index < -0.39 is 0 Å². The molecule has 0 radical (unpaired) electrons. The van der Waals surface area contributed by atoms with Crippen LogP contribution in [0.25, 0.3) is 11.3 Å². The first-order valence-electron chi connectivity index (χ1n) is 8.39. The predicted molar refractivity (Wildman–Crippen MR) is 106 cm³/mol. The molecule has 3 aromatic rings. The Hall–Kier alpha value is -2.51. The molecule has 2 aromatic heterocycles. The lowest BCUT2D eigenvalue weighted by molar-refractivity contribution is -0.118. The van der Waals surface area contributed by atoms with Crippen molar-refractivity contribution in [3.8, 4) is 11.3 Å². The van der Waals surface area contributed by atoms with Crippen molar-refractivity contribution in [2.75, 3.05) is 16.8 Å². The number of rotatable bonds is 4. The van der Waals surface area contributed by atoms with Crippen LogP contribution < -0.4 is 10.2 Å². The van der Waals surface area contributed by atoms with Crippen molar-refractivity contribution < 1.29 is 9.59 Å². The van der Waals surface area contributed by atoms with E-state index in [0.29, 0.717) is 16.4 Å². The zero-order valence-electron chi connectivity index (χ0n) is 14.2. The van der Waals surface area contributed by atoms with Crippen LogP contribution in [0.4, 0.5) is 10.8 Å². The van der Waals surface area contributed by atoms with Gasteiger partial charge in [-0.05, 0) is 35.6 Å². The molecule has 132 valence electrons. The van der Waals surface area contributed by atoms with Crippen LogP contribution in [0, 0.1) is 0 Å². The van der Waals surface area contributed by atoms with E-state index in [2.05, 4.69) is 16.4 Å². The molecule has 0 spiro atoms. The minimum Gasteiger partial charge on any atom is -0.312 e. The maximum atomic E-state index is 12.1. The van der Waals surface area contributed by atoms with Crippen LogP contribution >= 0.6 is 22.7 Å². The number of thiophene rings is 1. The summed E-state index contributed by atoms with van der Waals surface area (Å²) in [6.07, 6.45) is 1.38. The molecule has 3 heterocycles. The Morgan fingerprint density at radius 2 is 2.15 bits per heavy atom. The van der Waals surface area contributed by atoms with E-state index >= 15 is 0 Å². The number of nitrogens with zero attached hydrogens (tertiary/aromatic N) is 2. The van der Waals surface area contributed by atoms with Crippen LogP contribution in [-0.4, -0.2) is 23.3 Å². The molecule has 0 aliphatic carbocycles. The second kappa shape index (κ2) is 7.01. The number of hydrogen-bond donors (Lipinski definition) is 1. The fourth-order valence-electron chi connectivity index (χ4n) is 3.04. The number of fused-ring (bicyclic) bond motifs is 1. The van der Waals surface area contributed by atoms with Gasteiger partial charge in [0.15, 0.2) is 5.13 Å². The van der Waals surface area contributed by atoms with E-state index in [0.717, 1.165) is 29.9 Å². The van der Waals surface area contributed by atoms with E-state index in [1.165, 1.54) is 28.2 Å². The van der Waals surface area contributed by atoms with Gasteiger partial charge in [0.25, 0.3) is 5.91 Å². The smallest absolute Gasteiger partial charge is 0.267 e. The monoisotopic (exact) mass is 383 g/mol.